The van der Waals surface area contributed by atoms with E-state index in [0.717, 1.165) is 0 Å². The van der Waals surface area contributed by atoms with E-state index in [1.54, 1.807) is 0 Å². The van der Waals surface area contributed by atoms with Gasteiger partial charge in [-0.25, -0.2) is 9.18 Å². The minimum atomic E-state index is -2.60. The number of unbranched alkanes of at least 4 members (excludes halogenated alkanes) is 1. The number of benzene rings is 1. The van der Waals surface area contributed by atoms with Crippen molar-refractivity contribution in [2.75, 3.05) is 13.7 Å². The molecular formula is C14H16Cl3FO3Si. The maximum Gasteiger partial charge on any atom is 0.341 e. The van der Waals surface area contributed by atoms with Gasteiger partial charge in [0.25, 0.3) is 0 Å². The summed E-state index contributed by atoms with van der Waals surface area (Å²) in [4.78, 5) is 11.0. The Kier molecular flexibility index (Phi) is 8.24. The van der Waals surface area contributed by atoms with Crippen LogP contribution in [0.4, 0.5) is 4.39 Å². The number of carbonyl (C=O) groups excluding carboxylic acids is 1. The average Bonchev–Trinajstić information content (AvgIpc) is 2.45. The number of halogens is 4. The lowest BCUT2D eigenvalue weighted by atomic mass is 10.2. The Hall–Kier alpha value is -0.753. The van der Waals surface area contributed by atoms with Gasteiger partial charge in [0.1, 0.15) is 0 Å². The van der Waals surface area contributed by atoms with Crippen LogP contribution in [-0.4, -0.2) is 25.7 Å². The Morgan fingerprint density at radius 1 is 1.32 bits per heavy atom. The van der Waals surface area contributed by atoms with Crippen molar-refractivity contribution < 1.29 is 18.7 Å². The lowest BCUT2D eigenvalue weighted by Gasteiger charge is -2.09. The smallest absolute Gasteiger partial charge is 0.341 e. The standard InChI is InChI=1S/C14H16Cl3FO3Si/c1-20-14(19)7-5-11-4-6-12(18)13(10-11)21-8-2-3-9-22(15,16)17/h4-7,10H,2-3,8-9H2,1H3/b7-5+. The van der Waals surface area contributed by atoms with Crippen LogP contribution in [0.5, 0.6) is 5.75 Å². The van der Waals surface area contributed by atoms with Gasteiger partial charge in [0.05, 0.1) is 13.7 Å². The average molecular weight is 386 g/mol. The third-order valence-corrected chi connectivity index (χ3v) is 5.30. The second-order valence-corrected chi connectivity index (χ2v) is 13.7. The zero-order chi connectivity index (χ0) is 16.6. The first-order valence-corrected chi connectivity index (χ1v) is 11.8. The van der Waals surface area contributed by atoms with Crippen LogP contribution < -0.4 is 4.74 Å². The molecule has 0 amide bonds. The largest absolute Gasteiger partial charge is 0.490 e. The van der Waals surface area contributed by atoms with Crippen LogP contribution in [0.3, 0.4) is 0 Å². The molecule has 0 bridgehead atoms. The van der Waals surface area contributed by atoms with Crippen LogP contribution in [0.1, 0.15) is 18.4 Å². The summed E-state index contributed by atoms with van der Waals surface area (Å²) in [5.74, 6) is -0.827. The van der Waals surface area contributed by atoms with Gasteiger partial charge in [0.2, 0.25) is 0 Å². The van der Waals surface area contributed by atoms with E-state index in [9.17, 15) is 9.18 Å². The van der Waals surface area contributed by atoms with Crippen molar-refractivity contribution in [3.63, 3.8) is 0 Å². The minimum absolute atomic E-state index is 0.123. The summed E-state index contributed by atoms with van der Waals surface area (Å²) < 4.78 is 23.5. The maximum absolute atomic E-state index is 13.6. The molecule has 0 fully saturated rings. The zero-order valence-corrected chi connectivity index (χ0v) is 15.2. The van der Waals surface area contributed by atoms with E-state index in [4.69, 9.17) is 38.0 Å². The summed E-state index contributed by atoms with van der Waals surface area (Å²) in [6, 6.07) is 2.28. The summed E-state index contributed by atoms with van der Waals surface area (Å²) in [5, 5.41) is 0. The number of methoxy groups -OCH3 is 1. The first-order valence-electron chi connectivity index (χ1n) is 6.57. The van der Waals surface area contributed by atoms with Crippen molar-refractivity contribution in [2.24, 2.45) is 0 Å². The topological polar surface area (TPSA) is 35.5 Å². The van der Waals surface area contributed by atoms with Gasteiger partial charge >= 0.3 is 12.0 Å². The quantitative estimate of drug-likeness (QED) is 0.211. The van der Waals surface area contributed by atoms with Gasteiger partial charge in [-0.05, 0) is 42.7 Å². The van der Waals surface area contributed by atoms with Gasteiger partial charge in [-0.3, -0.25) is 0 Å². The molecule has 0 spiro atoms. The number of ether oxygens (including phenoxy) is 2. The van der Waals surface area contributed by atoms with Crippen molar-refractivity contribution in [2.45, 2.75) is 18.9 Å². The molecular weight excluding hydrogens is 370 g/mol. The molecule has 0 aliphatic rings. The van der Waals surface area contributed by atoms with E-state index in [0.29, 0.717) is 31.1 Å². The fraction of sp³-hybridized carbons (Fsp3) is 0.357. The molecule has 0 unspecified atom stereocenters. The highest BCUT2D eigenvalue weighted by atomic mass is 35.8. The molecule has 8 heteroatoms. The van der Waals surface area contributed by atoms with E-state index in [1.165, 1.54) is 37.5 Å². The molecule has 0 saturated heterocycles. The zero-order valence-electron chi connectivity index (χ0n) is 12.0. The van der Waals surface area contributed by atoms with Crippen LogP contribution in [0.25, 0.3) is 6.08 Å². The molecule has 1 rings (SSSR count). The van der Waals surface area contributed by atoms with Gasteiger partial charge < -0.3 is 9.47 Å². The van der Waals surface area contributed by atoms with E-state index in [1.807, 2.05) is 0 Å². The second kappa shape index (κ2) is 9.40. The molecule has 0 heterocycles. The number of hydrogen-bond donors (Lipinski definition) is 0. The predicted octanol–water partition coefficient (Wildman–Crippen LogP) is 4.83. The van der Waals surface area contributed by atoms with Crippen LogP contribution >= 0.6 is 33.2 Å². The maximum atomic E-state index is 13.6. The highest BCUT2D eigenvalue weighted by molar-refractivity contribution is 7.64. The molecule has 3 nitrogen and oxygen atoms in total. The highest BCUT2D eigenvalue weighted by Crippen LogP contribution is 2.27. The van der Waals surface area contributed by atoms with E-state index in [-0.39, 0.29) is 5.75 Å². The first kappa shape index (κ1) is 19.3. The van der Waals surface area contributed by atoms with Gasteiger partial charge in [0.15, 0.2) is 11.6 Å². The van der Waals surface area contributed by atoms with Gasteiger partial charge in [-0.1, -0.05) is 6.07 Å². The van der Waals surface area contributed by atoms with Crippen LogP contribution in [0.15, 0.2) is 24.3 Å². The Bertz CT molecular complexity index is 533. The molecule has 122 valence electrons. The molecule has 1 aromatic rings. The fourth-order valence-corrected chi connectivity index (χ4v) is 3.43. The summed E-state index contributed by atoms with van der Waals surface area (Å²) in [7, 11) is 1.28. The monoisotopic (exact) mass is 384 g/mol. The van der Waals surface area contributed by atoms with Crippen molar-refractivity contribution >= 4 is 51.3 Å². The molecule has 0 radical (unpaired) electrons. The third-order valence-electron chi connectivity index (χ3n) is 2.68. The molecule has 0 aliphatic carbocycles. The number of hydrogen-bond acceptors (Lipinski definition) is 3. The predicted molar refractivity (Wildman–Crippen MR) is 90.3 cm³/mol. The van der Waals surface area contributed by atoms with Crippen LogP contribution in [0, 0.1) is 5.82 Å². The molecule has 0 aliphatic heterocycles. The van der Waals surface area contributed by atoms with Crippen LogP contribution in [-0.2, 0) is 9.53 Å². The van der Waals surface area contributed by atoms with Gasteiger partial charge in [-0.2, -0.15) is 0 Å². The lowest BCUT2D eigenvalue weighted by Crippen LogP contribution is -2.09. The third kappa shape index (κ3) is 8.03. The van der Waals surface area contributed by atoms with Crippen molar-refractivity contribution in [3.8, 4) is 5.75 Å². The molecule has 1 aromatic carbocycles. The van der Waals surface area contributed by atoms with E-state index >= 15 is 0 Å². The van der Waals surface area contributed by atoms with Crippen molar-refractivity contribution in [1.29, 1.82) is 0 Å². The number of esters is 1. The fourth-order valence-electron chi connectivity index (χ4n) is 1.58. The Morgan fingerprint density at radius 2 is 2.05 bits per heavy atom. The second-order valence-electron chi connectivity index (χ2n) is 4.47. The van der Waals surface area contributed by atoms with E-state index in [2.05, 4.69) is 4.74 Å². The van der Waals surface area contributed by atoms with Gasteiger partial charge in [-0.15, -0.1) is 33.2 Å². The summed E-state index contributed by atoms with van der Waals surface area (Å²) >= 11 is 17.3. The van der Waals surface area contributed by atoms with Crippen LogP contribution in [0.2, 0.25) is 6.04 Å². The molecule has 0 atom stereocenters. The molecule has 22 heavy (non-hydrogen) atoms. The van der Waals surface area contributed by atoms with Crippen molar-refractivity contribution in [1.82, 2.24) is 0 Å². The Labute approximate surface area is 144 Å². The number of carbonyl (C=O) groups is 1. The number of rotatable bonds is 8. The van der Waals surface area contributed by atoms with Gasteiger partial charge in [0, 0.05) is 6.08 Å². The Balaban J connectivity index is 2.52. The molecule has 0 aromatic heterocycles. The first-order chi connectivity index (χ1) is 10.3. The summed E-state index contributed by atoms with van der Waals surface area (Å²) in [6.07, 6.45) is 4.16. The van der Waals surface area contributed by atoms with E-state index < -0.39 is 17.8 Å². The summed E-state index contributed by atoms with van der Waals surface area (Å²) in [5.41, 5.74) is 0.635. The highest BCUT2D eigenvalue weighted by Gasteiger charge is 2.23. The Morgan fingerprint density at radius 3 is 2.68 bits per heavy atom. The normalized spacial score (nSPS) is 11.7. The molecule has 0 N–H and O–H groups in total. The SMILES string of the molecule is COC(=O)/C=C/c1ccc(F)c(OCCCC[Si](Cl)(Cl)Cl)c1. The lowest BCUT2D eigenvalue weighted by molar-refractivity contribution is -0.134. The summed E-state index contributed by atoms with van der Waals surface area (Å²) in [6.45, 7) is 0.330. The minimum Gasteiger partial charge on any atom is -0.490 e. The van der Waals surface area contributed by atoms with Crippen molar-refractivity contribution in [3.05, 3.63) is 35.7 Å². The molecule has 0 saturated carbocycles.